The van der Waals surface area contributed by atoms with Crippen molar-refractivity contribution in [1.29, 1.82) is 0 Å². The lowest BCUT2D eigenvalue weighted by Crippen LogP contribution is -2.29. The Hall–Kier alpha value is -0.720. The topological polar surface area (TPSA) is 49.4 Å². The molecule has 0 aliphatic heterocycles. The van der Waals surface area contributed by atoms with Crippen LogP contribution in [0.15, 0.2) is 29.2 Å². The van der Waals surface area contributed by atoms with Gasteiger partial charge in [-0.1, -0.05) is 12.1 Å². The van der Waals surface area contributed by atoms with Crippen LogP contribution >= 0.6 is 11.8 Å². The lowest BCUT2D eigenvalue weighted by atomic mass is 9.95. The fraction of sp³-hybridized carbons (Fsp3) is 0.600. The van der Waals surface area contributed by atoms with Crippen molar-refractivity contribution in [2.45, 2.75) is 41.9 Å². The first-order chi connectivity index (χ1) is 9.95. The van der Waals surface area contributed by atoms with Crippen LogP contribution < -0.4 is 5.32 Å². The second-order valence-electron chi connectivity index (χ2n) is 5.64. The predicted molar refractivity (Wildman–Crippen MR) is 90.5 cm³/mol. The molecule has 1 saturated carbocycles. The summed E-state index contributed by atoms with van der Waals surface area (Å²) in [5.74, 6) is 0. The minimum Gasteiger partial charge on any atom is -0.381 e. The van der Waals surface area contributed by atoms with Gasteiger partial charge in [0.1, 0.15) is 4.90 Å². The molecule has 1 aliphatic rings. The number of nitrogens with one attached hydrogen (secondary N) is 1. The molecule has 0 heterocycles. The molecule has 6 heteroatoms. The molecule has 0 aromatic heterocycles. The van der Waals surface area contributed by atoms with E-state index < -0.39 is 10.0 Å². The highest BCUT2D eigenvalue weighted by molar-refractivity contribution is 7.99. The number of anilines is 1. The second-order valence-corrected chi connectivity index (χ2v) is 8.90. The van der Waals surface area contributed by atoms with Gasteiger partial charge in [0.25, 0.3) is 0 Å². The number of thioether (sulfide) groups is 1. The second kappa shape index (κ2) is 7.03. The zero-order chi connectivity index (χ0) is 15.5. The van der Waals surface area contributed by atoms with Crippen LogP contribution in [-0.4, -0.2) is 44.4 Å². The van der Waals surface area contributed by atoms with Crippen LogP contribution in [0.2, 0.25) is 0 Å². The van der Waals surface area contributed by atoms with Gasteiger partial charge in [-0.15, -0.1) is 0 Å². The Labute approximate surface area is 132 Å². The molecule has 2 rings (SSSR count). The Morgan fingerprint density at radius 3 is 2.33 bits per heavy atom. The van der Waals surface area contributed by atoms with E-state index in [9.17, 15) is 8.42 Å². The maximum atomic E-state index is 12.4. The molecular formula is C15H24N2O2S2. The number of nitrogens with zero attached hydrogens (tertiary/aromatic N) is 1. The van der Waals surface area contributed by atoms with Crippen molar-refractivity contribution in [2.75, 3.05) is 25.7 Å². The van der Waals surface area contributed by atoms with E-state index in [1.807, 2.05) is 23.9 Å². The molecule has 0 saturated heterocycles. The average molecular weight is 329 g/mol. The fourth-order valence-corrected chi connectivity index (χ4v) is 4.46. The van der Waals surface area contributed by atoms with Gasteiger partial charge < -0.3 is 5.32 Å². The van der Waals surface area contributed by atoms with Crippen molar-refractivity contribution in [3.8, 4) is 0 Å². The van der Waals surface area contributed by atoms with Crippen molar-refractivity contribution < 1.29 is 8.42 Å². The van der Waals surface area contributed by atoms with Crippen molar-refractivity contribution in [2.24, 2.45) is 0 Å². The van der Waals surface area contributed by atoms with Gasteiger partial charge in [-0.05, 0) is 44.1 Å². The Kier molecular flexibility index (Phi) is 5.57. The largest absolute Gasteiger partial charge is 0.381 e. The van der Waals surface area contributed by atoms with Crippen LogP contribution in [0.25, 0.3) is 0 Å². The third-order valence-corrected chi connectivity index (χ3v) is 7.02. The number of rotatable bonds is 5. The molecule has 1 aliphatic carbocycles. The molecular weight excluding hydrogens is 304 g/mol. The van der Waals surface area contributed by atoms with Gasteiger partial charge >= 0.3 is 0 Å². The Morgan fingerprint density at radius 2 is 1.76 bits per heavy atom. The first kappa shape index (κ1) is 16.6. The number of para-hydroxylation sites is 1. The SMILES string of the molecule is CSC1CCC(Nc2ccccc2S(=O)(=O)N(C)C)CC1. The van der Waals surface area contributed by atoms with Gasteiger partial charge in [0.15, 0.2) is 0 Å². The Bertz CT molecular complexity index is 565. The molecule has 0 amide bonds. The van der Waals surface area contributed by atoms with Crippen LogP contribution in [0.1, 0.15) is 25.7 Å². The van der Waals surface area contributed by atoms with Crippen LogP contribution in [0.4, 0.5) is 5.69 Å². The maximum absolute atomic E-state index is 12.4. The number of hydrogen-bond donors (Lipinski definition) is 1. The third kappa shape index (κ3) is 3.93. The van der Waals surface area contributed by atoms with E-state index in [2.05, 4.69) is 11.6 Å². The van der Waals surface area contributed by atoms with Crippen molar-refractivity contribution in [3.63, 3.8) is 0 Å². The summed E-state index contributed by atoms with van der Waals surface area (Å²) in [4.78, 5) is 0.363. The van der Waals surface area contributed by atoms with Gasteiger partial charge in [-0.25, -0.2) is 12.7 Å². The monoisotopic (exact) mass is 328 g/mol. The highest BCUT2D eigenvalue weighted by atomic mass is 32.2. The zero-order valence-electron chi connectivity index (χ0n) is 12.9. The summed E-state index contributed by atoms with van der Waals surface area (Å²) in [6.07, 6.45) is 6.75. The fourth-order valence-electron chi connectivity index (χ4n) is 2.67. The number of benzene rings is 1. The summed E-state index contributed by atoms with van der Waals surface area (Å²) in [5.41, 5.74) is 0.721. The lowest BCUT2D eigenvalue weighted by molar-refractivity contribution is 0.472. The summed E-state index contributed by atoms with van der Waals surface area (Å²) in [5, 5.41) is 4.19. The van der Waals surface area contributed by atoms with E-state index >= 15 is 0 Å². The number of hydrogen-bond acceptors (Lipinski definition) is 4. The van der Waals surface area contributed by atoms with E-state index in [-0.39, 0.29) is 0 Å². The summed E-state index contributed by atoms with van der Waals surface area (Å²) < 4.78 is 26.0. The maximum Gasteiger partial charge on any atom is 0.244 e. The van der Waals surface area contributed by atoms with E-state index in [0.717, 1.165) is 23.8 Å². The van der Waals surface area contributed by atoms with Gasteiger partial charge in [0.05, 0.1) is 5.69 Å². The van der Waals surface area contributed by atoms with Gasteiger partial charge in [-0.3, -0.25) is 0 Å². The van der Waals surface area contributed by atoms with E-state index in [1.165, 1.54) is 17.1 Å². The average Bonchev–Trinajstić information content (AvgIpc) is 2.48. The quantitative estimate of drug-likeness (QED) is 0.902. The van der Waals surface area contributed by atoms with E-state index in [0.29, 0.717) is 10.9 Å². The lowest BCUT2D eigenvalue weighted by Gasteiger charge is -2.29. The van der Waals surface area contributed by atoms with Gasteiger partial charge in [0, 0.05) is 25.4 Å². The molecule has 1 N–H and O–H groups in total. The molecule has 1 fully saturated rings. The molecule has 0 unspecified atom stereocenters. The van der Waals surface area contributed by atoms with Gasteiger partial charge in [0.2, 0.25) is 10.0 Å². The standard InChI is InChI=1S/C15H24N2O2S2/c1-17(2)21(18,19)15-7-5-4-6-14(15)16-12-8-10-13(20-3)11-9-12/h4-7,12-13,16H,8-11H2,1-3H3. The molecule has 0 bridgehead atoms. The normalized spacial score (nSPS) is 23.2. The third-order valence-electron chi connectivity index (χ3n) is 4.01. The molecule has 0 spiro atoms. The summed E-state index contributed by atoms with van der Waals surface area (Å²) in [6, 6.07) is 7.55. The van der Waals surface area contributed by atoms with Gasteiger partial charge in [-0.2, -0.15) is 11.8 Å². The first-order valence-electron chi connectivity index (χ1n) is 7.26. The van der Waals surface area contributed by atoms with Crippen molar-refractivity contribution in [1.82, 2.24) is 4.31 Å². The predicted octanol–water partition coefficient (Wildman–Crippen LogP) is 3.02. The first-order valence-corrected chi connectivity index (χ1v) is 9.99. The van der Waals surface area contributed by atoms with Crippen LogP contribution in [-0.2, 0) is 10.0 Å². The Balaban J connectivity index is 2.15. The van der Waals surface area contributed by atoms with E-state index in [4.69, 9.17) is 0 Å². The molecule has 118 valence electrons. The van der Waals surface area contributed by atoms with E-state index in [1.54, 1.807) is 26.2 Å². The molecule has 1 aromatic carbocycles. The highest BCUT2D eigenvalue weighted by Gasteiger charge is 2.24. The van der Waals surface area contributed by atoms with Crippen molar-refractivity contribution in [3.05, 3.63) is 24.3 Å². The van der Waals surface area contributed by atoms with Crippen LogP contribution in [0.5, 0.6) is 0 Å². The smallest absolute Gasteiger partial charge is 0.244 e. The molecule has 0 atom stereocenters. The minimum absolute atomic E-state index is 0.363. The molecule has 21 heavy (non-hydrogen) atoms. The summed E-state index contributed by atoms with van der Waals surface area (Å²) >= 11 is 1.94. The van der Waals surface area contributed by atoms with Crippen LogP contribution in [0, 0.1) is 0 Å². The molecule has 1 aromatic rings. The van der Waals surface area contributed by atoms with Crippen molar-refractivity contribution >= 4 is 27.5 Å². The number of sulfonamides is 1. The molecule has 0 radical (unpaired) electrons. The zero-order valence-corrected chi connectivity index (χ0v) is 14.5. The highest BCUT2D eigenvalue weighted by Crippen LogP contribution is 2.30. The molecule has 4 nitrogen and oxygen atoms in total. The minimum atomic E-state index is -3.41. The Morgan fingerprint density at radius 1 is 1.14 bits per heavy atom. The summed E-state index contributed by atoms with van der Waals surface area (Å²) in [6.45, 7) is 0. The van der Waals surface area contributed by atoms with Crippen LogP contribution in [0.3, 0.4) is 0 Å². The summed E-state index contributed by atoms with van der Waals surface area (Å²) in [7, 11) is -0.276.